The highest BCUT2D eigenvalue weighted by Crippen LogP contribution is 2.23. The molecule has 0 saturated carbocycles. The molecular formula is C17H14N6O3. The van der Waals surface area contributed by atoms with E-state index in [2.05, 4.69) is 15.3 Å². The summed E-state index contributed by atoms with van der Waals surface area (Å²) in [5.74, 6) is -0.591. The summed E-state index contributed by atoms with van der Waals surface area (Å²) in [6.45, 7) is 1.93. The van der Waals surface area contributed by atoms with Gasteiger partial charge in [0.05, 0.1) is 18.4 Å². The second-order valence-corrected chi connectivity index (χ2v) is 5.70. The van der Waals surface area contributed by atoms with Crippen molar-refractivity contribution in [1.82, 2.24) is 29.3 Å². The molecular weight excluding hydrogens is 336 g/mol. The molecule has 2 aliphatic rings. The molecule has 0 atom stereocenters. The molecule has 0 amide bonds. The summed E-state index contributed by atoms with van der Waals surface area (Å²) in [6.07, 6.45) is 5.99. The van der Waals surface area contributed by atoms with Crippen LogP contribution in [-0.4, -0.2) is 42.4 Å². The summed E-state index contributed by atoms with van der Waals surface area (Å²) >= 11 is 0. The second-order valence-electron chi connectivity index (χ2n) is 5.70. The van der Waals surface area contributed by atoms with Crippen LogP contribution in [0.5, 0.6) is 0 Å². The molecule has 4 rings (SSSR count). The summed E-state index contributed by atoms with van der Waals surface area (Å²) in [5.41, 5.74) is 2.00. The Hall–Kier alpha value is -3.75. The normalized spacial score (nSPS) is 11.0. The molecule has 1 aromatic carbocycles. The van der Waals surface area contributed by atoms with Crippen molar-refractivity contribution in [3.8, 4) is 16.9 Å². The van der Waals surface area contributed by atoms with E-state index in [-0.39, 0.29) is 22.4 Å². The first kappa shape index (κ1) is 15.8. The van der Waals surface area contributed by atoms with Crippen LogP contribution in [0.15, 0.2) is 54.1 Å². The van der Waals surface area contributed by atoms with Crippen LogP contribution < -0.4 is 5.56 Å². The third-order valence-corrected chi connectivity index (χ3v) is 3.98. The van der Waals surface area contributed by atoms with Gasteiger partial charge in [0.2, 0.25) is 0 Å². The van der Waals surface area contributed by atoms with E-state index >= 15 is 0 Å². The molecule has 0 spiro atoms. The lowest BCUT2D eigenvalue weighted by Crippen LogP contribution is -2.17. The maximum absolute atomic E-state index is 12.9. The van der Waals surface area contributed by atoms with Gasteiger partial charge in [-0.3, -0.25) is 9.47 Å². The summed E-state index contributed by atoms with van der Waals surface area (Å²) in [6, 6.07) is 7.40. The van der Waals surface area contributed by atoms with E-state index in [4.69, 9.17) is 4.74 Å². The Bertz CT molecular complexity index is 1130. The van der Waals surface area contributed by atoms with Gasteiger partial charge < -0.3 is 4.74 Å². The number of rotatable bonds is 3. The van der Waals surface area contributed by atoms with Gasteiger partial charge in [-0.2, -0.15) is 9.78 Å². The average Bonchev–Trinajstić information content (AvgIpc) is 3.29. The molecule has 0 radical (unpaired) electrons. The van der Waals surface area contributed by atoms with Crippen molar-refractivity contribution in [2.75, 3.05) is 7.11 Å². The fourth-order valence-corrected chi connectivity index (χ4v) is 2.73. The van der Waals surface area contributed by atoms with Crippen LogP contribution in [0.25, 0.3) is 16.9 Å². The first-order chi connectivity index (χ1) is 12.6. The number of pyridine rings is 1. The maximum Gasteiger partial charge on any atom is 0.341 e. The topological polar surface area (TPSA) is 96.8 Å². The molecule has 2 aliphatic heterocycles. The van der Waals surface area contributed by atoms with Crippen LogP contribution in [0.1, 0.15) is 15.9 Å². The van der Waals surface area contributed by atoms with Crippen molar-refractivity contribution in [2.45, 2.75) is 6.92 Å². The van der Waals surface area contributed by atoms with Gasteiger partial charge in [0.25, 0.3) is 5.56 Å². The zero-order valence-corrected chi connectivity index (χ0v) is 14.0. The van der Waals surface area contributed by atoms with E-state index in [0.29, 0.717) is 5.69 Å². The van der Waals surface area contributed by atoms with Gasteiger partial charge in [-0.15, -0.1) is 10.2 Å². The van der Waals surface area contributed by atoms with Gasteiger partial charge in [0.1, 0.15) is 23.9 Å². The summed E-state index contributed by atoms with van der Waals surface area (Å²) in [7, 11) is 1.28. The maximum atomic E-state index is 12.9. The summed E-state index contributed by atoms with van der Waals surface area (Å²) in [4.78, 5) is 25.2. The Balaban J connectivity index is 2.01. The lowest BCUT2D eigenvalue weighted by atomic mass is 10.1. The number of ether oxygens (including phenoxy) is 1. The average molecular weight is 350 g/mol. The van der Waals surface area contributed by atoms with Crippen molar-refractivity contribution < 1.29 is 9.53 Å². The minimum absolute atomic E-state index is 0.169. The number of fused-ring (bicyclic) bond motifs is 1. The fourth-order valence-electron chi connectivity index (χ4n) is 2.73. The lowest BCUT2D eigenvalue weighted by molar-refractivity contribution is 0.0600. The van der Waals surface area contributed by atoms with Crippen LogP contribution in [0.3, 0.4) is 0 Å². The number of carbonyl (C=O) groups excluding carboxylic acids is 1. The van der Waals surface area contributed by atoms with Crippen LogP contribution in [0, 0.1) is 6.92 Å². The first-order valence-electron chi connectivity index (χ1n) is 7.74. The molecule has 0 saturated heterocycles. The molecule has 130 valence electrons. The van der Waals surface area contributed by atoms with E-state index in [1.165, 1.54) is 40.0 Å². The van der Waals surface area contributed by atoms with Gasteiger partial charge in [-0.05, 0) is 24.6 Å². The number of nitrogens with zero attached hydrogens (tertiary/aromatic N) is 6. The number of hydrogen-bond acceptors (Lipinski definition) is 6. The Labute approximate surface area is 147 Å². The summed E-state index contributed by atoms with van der Waals surface area (Å²) in [5, 5.41) is 11.8. The number of methoxy groups -OCH3 is 1. The van der Waals surface area contributed by atoms with Crippen molar-refractivity contribution >= 4 is 5.97 Å². The van der Waals surface area contributed by atoms with E-state index in [0.717, 1.165) is 5.56 Å². The molecule has 0 unspecified atom stereocenters. The molecule has 0 aliphatic carbocycles. The monoisotopic (exact) mass is 350 g/mol. The first-order valence-corrected chi connectivity index (χ1v) is 7.74. The smallest absolute Gasteiger partial charge is 0.341 e. The Morgan fingerprint density at radius 2 is 1.88 bits per heavy atom. The van der Waals surface area contributed by atoms with Crippen LogP contribution in [-0.2, 0) is 4.74 Å². The molecule has 0 bridgehead atoms. The third-order valence-electron chi connectivity index (χ3n) is 3.98. The minimum Gasteiger partial charge on any atom is -0.465 e. The Kier molecular flexibility index (Phi) is 3.61. The Morgan fingerprint density at radius 1 is 1.12 bits per heavy atom. The van der Waals surface area contributed by atoms with Crippen LogP contribution in [0.2, 0.25) is 0 Å². The lowest BCUT2D eigenvalue weighted by Gasteiger charge is -2.11. The summed E-state index contributed by atoms with van der Waals surface area (Å²) < 4.78 is 9.17. The predicted molar refractivity (Wildman–Crippen MR) is 91.3 cm³/mol. The number of aryl methyl sites for hydroxylation is 1. The van der Waals surface area contributed by atoms with Gasteiger partial charge in [-0.1, -0.05) is 12.1 Å². The molecule has 0 fully saturated rings. The van der Waals surface area contributed by atoms with E-state index < -0.39 is 5.97 Å². The molecule has 3 heterocycles. The van der Waals surface area contributed by atoms with Gasteiger partial charge in [0, 0.05) is 12.4 Å². The van der Waals surface area contributed by atoms with Gasteiger partial charge in [-0.25, -0.2) is 9.47 Å². The molecule has 9 nitrogen and oxygen atoms in total. The zero-order valence-electron chi connectivity index (χ0n) is 14.0. The highest BCUT2D eigenvalue weighted by atomic mass is 16.5. The molecule has 1 aromatic heterocycles. The van der Waals surface area contributed by atoms with Crippen LogP contribution in [0.4, 0.5) is 0 Å². The van der Waals surface area contributed by atoms with E-state index in [9.17, 15) is 9.59 Å². The van der Waals surface area contributed by atoms with Gasteiger partial charge >= 0.3 is 5.97 Å². The van der Waals surface area contributed by atoms with E-state index in [1.807, 2.05) is 25.1 Å². The highest BCUT2D eigenvalue weighted by Gasteiger charge is 2.25. The molecule has 2 aromatic rings. The number of benzene rings is 1. The fraction of sp³-hybridized carbons (Fsp3) is 0.118. The van der Waals surface area contributed by atoms with Crippen LogP contribution >= 0.6 is 0 Å². The molecule has 0 N–H and O–H groups in total. The second kappa shape index (κ2) is 5.96. The quantitative estimate of drug-likeness (QED) is 0.514. The van der Waals surface area contributed by atoms with Gasteiger partial charge in [0.15, 0.2) is 0 Å². The zero-order chi connectivity index (χ0) is 18.3. The van der Waals surface area contributed by atoms with Crippen molar-refractivity contribution in [3.63, 3.8) is 0 Å². The number of hydrogen-bond donors (Lipinski definition) is 0. The largest absolute Gasteiger partial charge is 0.465 e. The van der Waals surface area contributed by atoms with E-state index in [1.54, 1.807) is 12.3 Å². The number of carbonyl (C=O) groups is 1. The Morgan fingerprint density at radius 3 is 2.58 bits per heavy atom. The third kappa shape index (κ3) is 2.46. The number of aromatic nitrogens is 6. The predicted octanol–water partition coefficient (Wildman–Crippen LogP) is 1.14. The highest BCUT2D eigenvalue weighted by molar-refractivity contribution is 5.96. The number of esters is 1. The standard InChI is InChI=1S/C17H14N6O3/c1-11-4-3-5-12(6-11)23-16(24)13-7-21(22-9-18-19-10-22)8-14(15(13)20-23)17(25)26-2/h3-10H,1-2H3. The van der Waals surface area contributed by atoms with Crippen molar-refractivity contribution in [2.24, 2.45) is 0 Å². The van der Waals surface area contributed by atoms with Crippen molar-refractivity contribution in [1.29, 1.82) is 0 Å². The van der Waals surface area contributed by atoms with Crippen molar-refractivity contribution in [3.05, 3.63) is 70.8 Å². The molecule has 26 heavy (non-hydrogen) atoms. The molecule has 9 heteroatoms. The minimum atomic E-state index is -0.591. The SMILES string of the molecule is COC(=O)c1cn(-n2cnnc2)cc2c(=O)n(-c3cccc(C)c3)nc1-2.